The minimum atomic E-state index is -4.03. The van der Waals surface area contributed by atoms with Gasteiger partial charge in [-0.1, -0.05) is 35.3 Å². The second-order valence-electron chi connectivity index (χ2n) is 5.88. The van der Waals surface area contributed by atoms with Crippen molar-refractivity contribution in [3.63, 3.8) is 0 Å². The van der Waals surface area contributed by atoms with Crippen LogP contribution in [0.4, 0.5) is 4.39 Å². The molecule has 1 amide bonds. The first-order valence-electron chi connectivity index (χ1n) is 8.25. The second kappa shape index (κ2) is 10.0. The van der Waals surface area contributed by atoms with Crippen LogP contribution in [0.25, 0.3) is 0 Å². The van der Waals surface area contributed by atoms with Gasteiger partial charge in [0.25, 0.3) is 5.91 Å². The number of carbonyl (C=O) groups excluding carboxylic acids is 2. The minimum absolute atomic E-state index is 0.0450. The van der Waals surface area contributed by atoms with Crippen LogP contribution >= 0.6 is 23.2 Å². The van der Waals surface area contributed by atoms with Crippen LogP contribution in [0.15, 0.2) is 47.4 Å². The first kappa shape index (κ1) is 23.1. The molecule has 29 heavy (non-hydrogen) atoms. The molecule has 0 fully saturated rings. The number of ether oxygens (including phenoxy) is 1. The van der Waals surface area contributed by atoms with Gasteiger partial charge in [0.1, 0.15) is 12.4 Å². The van der Waals surface area contributed by atoms with Crippen LogP contribution in [0.1, 0.15) is 12.5 Å². The molecule has 0 aliphatic heterocycles. The summed E-state index contributed by atoms with van der Waals surface area (Å²) < 4.78 is 44.2. The van der Waals surface area contributed by atoms with Crippen molar-refractivity contribution >= 4 is 45.1 Å². The number of halogens is 3. The van der Waals surface area contributed by atoms with E-state index in [1.54, 1.807) is 0 Å². The van der Waals surface area contributed by atoms with Crippen molar-refractivity contribution in [2.75, 3.05) is 6.54 Å². The second-order valence-corrected chi connectivity index (χ2v) is 8.46. The molecule has 0 heterocycles. The van der Waals surface area contributed by atoms with E-state index < -0.39 is 40.4 Å². The van der Waals surface area contributed by atoms with Gasteiger partial charge < -0.3 is 10.1 Å². The standard InChI is InChI=1S/C18H17Cl2FN2O5S/c1-11(18(25)22-9-12-2-4-13(21)5-3-12)28-17(24)10-23-29(26,27)14-6-7-15(19)16(20)8-14/h2-8,11,23H,9-10H2,1H3,(H,22,25). The van der Waals surface area contributed by atoms with E-state index in [1.165, 1.54) is 43.3 Å². The lowest BCUT2D eigenvalue weighted by atomic mass is 10.2. The summed E-state index contributed by atoms with van der Waals surface area (Å²) in [5.41, 5.74) is 0.660. The largest absolute Gasteiger partial charge is 0.452 e. The Morgan fingerprint density at radius 2 is 1.76 bits per heavy atom. The smallest absolute Gasteiger partial charge is 0.321 e. The molecule has 11 heteroatoms. The topological polar surface area (TPSA) is 102 Å². The number of rotatable bonds is 8. The van der Waals surface area contributed by atoms with E-state index >= 15 is 0 Å². The third-order valence-corrected chi connectivity index (χ3v) is 5.80. The van der Waals surface area contributed by atoms with E-state index in [-0.39, 0.29) is 21.5 Å². The van der Waals surface area contributed by atoms with Crippen molar-refractivity contribution < 1.29 is 27.1 Å². The zero-order valence-electron chi connectivity index (χ0n) is 15.1. The fraction of sp³-hybridized carbons (Fsp3) is 0.222. The lowest BCUT2D eigenvalue weighted by Gasteiger charge is -2.14. The van der Waals surface area contributed by atoms with Crippen molar-refractivity contribution in [3.8, 4) is 0 Å². The van der Waals surface area contributed by atoms with Crippen molar-refractivity contribution in [3.05, 3.63) is 63.9 Å². The summed E-state index contributed by atoms with van der Waals surface area (Å²) in [7, 11) is -4.03. The Balaban J connectivity index is 1.83. The number of hydrogen-bond donors (Lipinski definition) is 2. The fourth-order valence-electron chi connectivity index (χ4n) is 2.11. The van der Waals surface area contributed by atoms with E-state index in [4.69, 9.17) is 27.9 Å². The van der Waals surface area contributed by atoms with Gasteiger partial charge in [-0.3, -0.25) is 9.59 Å². The zero-order valence-corrected chi connectivity index (χ0v) is 17.4. The summed E-state index contributed by atoms with van der Waals surface area (Å²) in [5, 5.41) is 2.76. The Hall–Kier alpha value is -2.20. The predicted octanol–water partition coefficient (Wildman–Crippen LogP) is 2.66. The van der Waals surface area contributed by atoms with Gasteiger partial charge >= 0.3 is 5.97 Å². The van der Waals surface area contributed by atoms with Gasteiger partial charge in [-0.05, 0) is 42.8 Å². The van der Waals surface area contributed by atoms with Crippen molar-refractivity contribution in [1.29, 1.82) is 0 Å². The van der Waals surface area contributed by atoms with E-state index in [0.717, 1.165) is 6.07 Å². The number of hydrogen-bond acceptors (Lipinski definition) is 5. The fourth-order valence-corrected chi connectivity index (χ4v) is 3.47. The molecule has 2 N–H and O–H groups in total. The SMILES string of the molecule is CC(OC(=O)CNS(=O)(=O)c1ccc(Cl)c(Cl)c1)C(=O)NCc1ccc(F)cc1. The number of carbonyl (C=O) groups is 2. The zero-order chi connectivity index (χ0) is 21.6. The summed E-state index contributed by atoms with van der Waals surface area (Å²) in [6.45, 7) is 0.772. The molecule has 0 radical (unpaired) electrons. The average Bonchev–Trinajstić information content (AvgIpc) is 2.67. The maximum Gasteiger partial charge on any atom is 0.321 e. The quantitative estimate of drug-likeness (QED) is 0.587. The minimum Gasteiger partial charge on any atom is -0.452 e. The molecule has 7 nitrogen and oxygen atoms in total. The molecule has 0 bridgehead atoms. The van der Waals surface area contributed by atoms with Crippen LogP contribution < -0.4 is 10.0 Å². The Kier molecular flexibility index (Phi) is 7.97. The number of sulfonamides is 1. The molecule has 1 atom stereocenters. The van der Waals surface area contributed by atoms with Gasteiger partial charge in [-0.25, -0.2) is 12.8 Å². The van der Waals surface area contributed by atoms with Gasteiger partial charge in [0.15, 0.2) is 6.10 Å². The monoisotopic (exact) mass is 462 g/mol. The van der Waals surface area contributed by atoms with Gasteiger partial charge in [0, 0.05) is 6.54 Å². The highest BCUT2D eigenvalue weighted by Crippen LogP contribution is 2.24. The number of amides is 1. The average molecular weight is 463 g/mol. The maximum absolute atomic E-state index is 12.9. The Labute approximate surface area is 177 Å². The first-order chi connectivity index (χ1) is 13.6. The van der Waals surface area contributed by atoms with Gasteiger partial charge in [0.05, 0.1) is 14.9 Å². The van der Waals surface area contributed by atoms with Gasteiger partial charge in [-0.15, -0.1) is 0 Å². The summed E-state index contributed by atoms with van der Waals surface area (Å²) in [5.74, 6) is -1.93. The number of nitrogens with one attached hydrogen (secondary N) is 2. The van der Waals surface area contributed by atoms with E-state index in [2.05, 4.69) is 10.0 Å². The van der Waals surface area contributed by atoms with Crippen molar-refractivity contribution in [1.82, 2.24) is 10.0 Å². The van der Waals surface area contributed by atoms with Crippen LogP contribution in [-0.4, -0.2) is 32.9 Å². The summed E-state index contributed by atoms with van der Waals surface area (Å²) >= 11 is 11.5. The van der Waals surface area contributed by atoms with Crippen LogP contribution in [0, 0.1) is 5.82 Å². The van der Waals surface area contributed by atoms with Crippen LogP contribution in [-0.2, 0) is 30.9 Å². The highest BCUT2D eigenvalue weighted by Gasteiger charge is 2.21. The highest BCUT2D eigenvalue weighted by atomic mass is 35.5. The molecule has 156 valence electrons. The molecule has 0 aliphatic carbocycles. The molecule has 0 saturated carbocycles. The van der Waals surface area contributed by atoms with E-state index in [1.807, 2.05) is 0 Å². The molecule has 0 saturated heterocycles. The Morgan fingerprint density at radius 3 is 2.38 bits per heavy atom. The molecule has 2 rings (SSSR count). The van der Waals surface area contributed by atoms with Crippen molar-refractivity contribution in [2.45, 2.75) is 24.5 Å². The molecule has 0 spiro atoms. The van der Waals surface area contributed by atoms with E-state index in [9.17, 15) is 22.4 Å². The van der Waals surface area contributed by atoms with Crippen LogP contribution in [0.3, 0.4) is 0 Å². The summed E-state index contributed by atoms with van der Waals surface area (Å²) in [6.07, 6.45) is -1.16. The van der Waals surface area contributed by atoms with Gasteiger partial charge in [0.2, 0.25) is 10.0 Å². The molecule has 2 aromatic rings. The summed E-state index contributed by atoms with van der Waals surface area (Å²) in [4.78, 5) is 23.7. The molecule has 1 unspecified atom stereocenters. The number of benzene rings is 2. The molecule has 0 aliphatic rings. The lowest BCUT2D eigenvalue weighted by molar-refractivity contribution is -0.153. The third kappa shape index (κ3) is 6.97. The Bertz CT molecular complexity index is 1000. The van der Waals surface area contributed by atoms with Crippen molar-refractivity contribution in [2.24, 2.45) is 0 Å². The number of esters is 1. The first-order valence-corrected chi connectivity index (χ1v) is 10.5. The molecule has 2 aromatic carbocycles. The summed E-state index contributed by atoms with van der Waals surface area (Å²) in [6, 6.07) is 9.20. The maximum atomic E-state index is 12.9. The van der Waals surface area contributed by atoms with E-state index in [0.29, 0.717) is 5.56 Å². The van der Waals surface area contributed by atoms with Gasteiger partial charge in [-0.2, -0.15) is 4.72 Å². The molecule has 0 aromatic heterocycles. The normalized spacial score (nSPS) is 12.3. The molecular formula is C18H17Cl2FN2O5S. The lowest BCUT2D eigenvalue weighted by Crippen LogP contribution is -2.38. The third-order valence-electron chi connectivity index (χ3n) is 3.67. The molecular weight excluding hydrogens is 446 g/mol. The predicted molar refractivity (Wildman–Crippen MR) is 105 cm³/mol. The Morgan fingerprint density at radius 1 is 1.10 bits per heavy atom. The highest BCUT2D eigenvalue weighted by molar-refractivity contribution is 7.89. The van der Waals surface area contributed by atoms with Crippen LogP contribution in [0.2, 0.25) is 10.0 Å². The van der Waals surface area contributed by atoms with Crippen LogP contribution in [0.5, 0.6) is 0 Å².